The molecular formula is C11H11O2. The Morgan fingerprint density at radius 1 is 1.38 bits per heavy atom. The van der Waals surface area contributed by atoms with Crippen LogP contribution in [0.4, 0.5) is 0 Å². The molecule has 2 nitrogen and oxygen atoms in total. The molecule has 1 rings (SSSR count). The molecule has 1 unspecified atom stereocenters. The molecular weight excluding hydrogens is 164 g/mol. The van der Waals surface area contributed by atoms with Crippen LogP contribution in [-0.4, -0.2) is 12.1 Å². The number of Topliss-reactive ketones (excluding diaryl/α,β-unsaturated/α-hetero) is 1. The summed E-state index contributed by atoms with van der Waals surface area (Å²) in [6.45, 7) is 1.80. The Labute approximate surface area is 77.6 Å². The molecule has 1 radical (unpaired) electrons. The number of rotatable bonds is 4. The van der Waals surface area contributed by atoms with Crippen LogP contribution in [0.5, 0.6) is 0 Å². The Balaban J connectivity index is 2.84. The van der Waals surface area contributed by atoms with Crippen molar-refractivity contribution in [2.45, 2.75) is 13.3 Å². The van der Waals surface area contributed by atoms with Crippen LogP contribution in [0, 0.1) is 5.92 Å². The van der Waals surface area contributed by atoms with Gasteiger partial charge in [0.25, 0.3) is 0 Å². The van der Waals surface area contributed by atoms with Crippen molar-refractivity contribution in [3.8, 4) is 0 Å². The predicted molar refractivity (Wildman–Crippen MR) is 50.2 cm³/mol. The quantitative estimate of drug-likeness (QED) is 0.518. The van der Waals surface area contributed by atoms with Gasteiger partial charge in [0.2, 0.25) is 6.29 Å². The summed E-state index contributed by atoms with van der Waals surface area (Å²) in [7, 11) is 0. The number of hydrogen-bond donors (Lipinski definition) is 0. The summed E-state index contributed by atoms with van der Waals surface area (Å²) >= 11 is 0. The lowest BCUT2D eigenvalue weighted by Crippen LogP contribution is -2.14. The largest absolute Gasteiger partial charge is 0.293 e. The Morgan fingerprint density at radius 3 is 2.46 bits per heavy atom. The number of ketones is 1. The van der Waals surface area contributed by atoms with Crippen molar-refractivity contribution in [3.63, 3.8) is 0 Å². The maximum atomic E-state index is 11.5. The van der Waals surface area contributed by atoms with Crippen molar-refractivity contribution in [3.05, 3.63) is 35.9 Å². The molecule has 67 valence electrons. The van der Waals surface area contributed by atoms with Crippen molar-refractivity contribution in [1.29, 1.82) is 0 Å². The van der Waals surface area contributed by atoms with Crippen LogP contribution in [0.2, 0.25) is 0 Å². The third-order valence-electron chi connectivity index (χ3n) is 1.93. The molecule has 0 saturated heterocycles. The highest BCUT2D eigenvalue weighted by atomic mass is 16.1. The molecule has 0 aromatic heterocycles. The van der Waals surface area contributed by atoms with Crippen LogP contribution in [0.1, 0.15) is 23.7 Å². The van der Waals surface area contributed by atoms with Gasteiger partial charge in [-0.2, -0.15) is 0 Å². The van der Waals surface area contributed by atoms with Gasteiger partial charge in [0.05, 0.1) is 5.92 Å². The summed E-state index contributed by atoms with van der Waals surface area (Å²) in [5.74, 6) is -0.750. The number of carbonyl (C=O) groups is 1. The van der Waals surface area contributed by atoms with E-state index in [0.717, 1.165) is 0 Å². The van der Waals surface area contributed by atoms with Gasteiger partial charge in [-0.15, -0.1) is 0 Å². The molecule has 0 heterocycles. The molecule has 2 heteroatoms. The minimum absolute atomic E-state index is 0.141. The van der Waals surface area contributed by atoms with Gasteiger partial charge >= 0.3 is 0 Å². The van der Waals surface area contributed by atoms with E-state index in [1.807, 2.05) is 6.07 Å². The third-order valence-corrected chi connectivity index (χ3v) is 1.93. The maximum Gasteiger partial charge on any atom is 0.209 e. The predicted octanol–water partition coefficient (Wildman–Crippen LogP) is 2.01. The van der Waals surface area contributed by atoms with Gasteiger partial charge in [-0.25, -0.2) is 0 Å². The first-order chi connectivity index (χ1) is 6.29. The molecule has 0 spiro atoms. The highest BCUT2D eigenvalue weighted by molar-refractivity contribution is 6.05. The molecule has 1 aromatic carbocycles. The van der Waals surface area contributed by atoms with Crippen LogP contribution in [0.3, 0.4) is 0 Å². The van der Waals surface area contributed by atoms with Gasteiger partial charge in [-0.1, -0.05) is 37.3 Å². The van der Waals surface area contributed by atoms with Gasteiger partial charge in [-0.05, 0) is 6.42 Å². The van der Waals surface area contributed by atoms with Crippen LogP contribution >= 0.6 is 0 Å². The van der Waals surface area contributed by atoms with E-state index in [2.05, 4.69) is 0 Å². The monoisotopic (exact) mass is 175 g/mol. The Kier molecular flexibility index (Phi) is 3.38. The van der Waals surface area contributed by atoms with Crippen molar-refractivity contribution < 1.29 is 9.59 Å². The second-order valence-corrected chi connectivity index (χ2v) is 2.81. The van der Waals surface area contributed by atoms with E-state index in [9.17, 15) is 9.59 Å². The minimum Gasteiger partial charge on any atom is -0.293 e. The van der Waals surface area contributed by atoms with E-state index in [0.29, 0.717) is 12.0 Å². The zero-order valence-corrected chi connectivity index (χ0v) is 7.49. The maximum absolute atomic E-state index is 11.5. The van der Waals surface area contributed by atoms with Crippen LogP contribution in [0.25, 0.3) is 0 Å². The zero-order chi connectivity index (χ0) is 9.68. The summed E-state index contributed by atoms with van der Waals surface area (Å²) in [5, 5.41) is 0. The first kappa shape index (κ1) is 9.65. The van der Waals surface area contributed by atoms with Crippen LogP contribution < -0.4 is 0 Å². The van der Waals surface area contributed by atoms with E-state index >= 15 is 0 Å². The topological polar surface area (TPSA) is 34.1 Å². The molecule has 0 amide bonds. The van der Waals surface area contributed by atoms with Gasteiger partial charge < -0.3 is 0 Å². The first-order valence-electron chi connectivity index (χ1n) is 4.26. The summed E-state index contributed by atoms with van der Waals surface area (Å²) in [5.41, 5.74) is 0.581. The average molecular weight is 175 g/mol. The van der Waals surface area contributed by atoms with Crippen molar-refractivity contribution >= 4 is 12.1 Å². The van der Waals surface area contributed by atoms with Gasteiger partial charge in [-0.3, -0.25) is 9.59 Å². The summed E-state index contributed by atoms with van der Waals surface area (Å²) < 4.78 is 0. The molecule has 0 saturated carbocycles. The van der Waals surface area contributed by atoms with E-state index < -0.39 is 5.92 Å². The van der Waals surface area contributed by atoms with Crippen LogP contribution in [-0.2, 0) is 4.79 Å². The summed E-state index contributed by atoms with van der Waals surface area (Å²) in [6.07, 6.45) is 2.26. The molecule has 1 aromatic rings. The average Bonchev–Trinajstić information content (AvgIpc) is 2.21. The summed E-state index contributed by atoms with van der Waals surface area (Å²) in [6, 6.07) is 8.82. The van der Waals surface area contributed by atoms with Crippen molar-refractivity contribution in [2.24, 2.45) is 5.92 Å². The van der Waals surface area contributed by atoms with Gasteiger partial charge in [0.15, 0.2) is 5.78 Å². The molecule has 0 fully saturated rings. The Morgan fingerprint density at radius 2 is 2.00 bits per heavy atom. The van der Waals surface area contributed by atoms with E-state index in [1.165, 1.54) is 0 Å². The fourth-order valence-electron chi connectivity index (χ4n) is 1.13. The van der Waals surface area contributed by atoms with Crippen LogP contribution in [0.15, 0.2) is 30.3 Å². The molecule has 0 N–H and O–H groups in total. The van der Waals surface area contributed by atoms with E-state index in [4.69, 9.17) is 0 Å². The lowest BCUT2D eigenvalue weighted by Gasteiger charge is -2.04. The first-order valence-corrected chi connectivity index (χ1v) is 4.26. The number of benzene rings is 1. The minimum atomic E-state index is -0.609. The second-order valence-electron chi connectivity index (χ2n) is 2.81. The molecule has 0 aliphatic carbocycles. The molecule has 1 atom stereocenters. The fourth-order valence-corrected chi connectivity index (χ4v) is 1.13. The second kappa shape index (κ2) is 4.55. The smallest absolute Gasteiger partial charge is 0.209 e. The molecule has 0 aliphatic rings. The Hall–Kier alpha value is -1.44. The summed E-state index contributed by atoms with van der Waals surface area (Å²) in [4.78, 5) is 21.9. The third kappa shape index (κ3) is 2.25. The van der Waals surface area contributed by atoms with E-state index in [-0.39, 0.29) is 5.78 Å². The lowest BCUT2D eigenvalue weighted by atomic mass is 9.97. The Bertz CT molecular complexity index is 290. The SMILES string of the molecule is CCC([C]=O)C(=O)c1ccccc1. The van der Waals surface area contributed by atoms with Crippen molar-refractivity contribution in [1.82, 2.24) is 0 Å². The van der Waals surface area contributed by atoms with Gasteiger partial charge in [0.1, 0.15) is 0 Å². The fraction of sp³-hybridized carbons (Fsp3) is 0.273. The van der Waals surface area contributed by atoms with E-state index in [1.54, 1.807) is 37.5 Å². The standard InChI is InChI=1S/C11H11O2/c1-2-9(8-12)11(13)10-6-4-3-5-7-10/h3-7,9H,2H2,1H3. The normalized spacial score (nSPS) is 12.1. The molecule has 13 heavy (non-hydrogen) atoms. The molecule has 0 aliphatic heterocycles. The van der Waals surface area contributed by atoms with Gasteiger partial charge in [0, 0.05) is 5.56 Å². The van der Waals surface area contributed by atoms with Crippen molar-refractivity contribution in [2.75, 3.05) is 0 Å². The number of carbonyl (C=O) groups excluding carboxylic acids is 2. The molecule has 0 bridgehead atoms. The zero-order valence-electron chi connectivity index (χ0n) is 7.49. The highest BCUT2D eigenvalue weighted by Crippen LogP contribution is 2.09. The highest BCUT2D eigenvalue weighted by Gasteiger charge is 2.17. The lowest BCUT2D eigenvalue weighted by molar-refractivity contribution is 0.0951. The number of hydrogen-bond acceptors (Lipinski definition) is 2.